The molecule has 0 radical (unpaired) electrons. The summed E-state index contributed by atoms with van der Waals surface area (Å²) in [4.78, 5) is 68.4. The van der Waals surface area contributed by atoms with Gasteiger partial charge in [-0.3, -0.25) is 4.57 Å². The lowest BCUT2D eigenvalue weighted by Gasteiger charge is -2.28. The number of nitro groups is 1. The maximum atomic E-state index is 16.0. The second-order valence-corrected chi connectivity index (χ2v) is 11.6. The molecule has 2 aromatic rings. The van der Waals surface area contributed by atoms with Gasteiger partial charge in [0.1, 0.15) is 29.8 Å². The van der Waals surface area contributed by atoms with Crippen molar-refractivity contribution in [3.05, 3.63) is 44.8 Å². The predicted octanol–water partition coefficient (Wildman–Crippen LogP) is 2.38. The Morgan fingerprint density at radius 3 is 2.29 bits per heavy atom. The van der Waals surface area contributed by atoms with Crippen molar-refractivity contribution in [1.29, 1.82) is 0 Å². The monoisotopic (exact) mass is 646 g/mol. The van der Waals surface area contributed by atoms with Crippen LogP contribution in [0.3, 0.4) is 0 Å². The van der Waals surface area contributed by atoms with Crippen molar-refractivity contribution in [2.75, 3.05) is 5.73 Å². The number of nitrogens with zero attached hydrogens (tertiary/aromatic N) is 5. The van der Waals surface area contributed by atoms with E-state index in [2.05, 4.69) is 9.97 Å². The van der Waals surface area contributed by atoms with Crippen LogP contribution < -0.4 is 11.4 Å². The van der Waals surface area contributed by atoms with E-state index >= 15 is 8.78 Å². The summed E-state index contributed by atoms with van der Waals surface area (Å²) in [5.41, 5.74) is 1.76. The predicted molar refractivity (Wildman–Crippen MR) is 144 cm³/mol. The zero-order valence-corrected chi connectivity index (χ0v) is 25.2. The highest BCUT2D eigenvalue weighted by molar-refractivity contribution is 5.78. The van der Waals surface area contributed by atoms with Gasteiger partial charge in [-0.05, 0) is 52.5 Å². The van der Waals surface area contributed by atoms with Crippen LogP contribution in [0, 0.1) is 10.1 Å². The first-order valence-corrected chi connectivity index (χ1v) is 13.1. The highest BCUT2D eigenvalue weighted by Crippen LogP contribution is 2.46. The van der Waals surface area contributed by atoms with Gasteiger partial charge in [0, 0.05) is 6.20 Å². The Morgan fingerprint density at radius 1 is 1.16 bits per heavy atom. The van der Waals surface area contributed by atoms with E-state index in [0.717, 1.165) is 23.0 Å². The van der Waals surface area contributed by atoms with Crippen molar-refractivity contribution in [3.8, 4) is 0 Å². The molecule has 1 fully saturated rings. The van der Waals surface area contributed by atoms with E-state index in [0.29, 0.717) is 4.57 Å². The molecule has 0 spiro atoms. The smallest absolute Gasteiger partial charge is 0.455 e. The molecule has 0 aliphatic carbocycles. The lowest BCUT2D eigenvalue weighted by atomic mass is 10.0. The van der Waals surface area contributed by atoms with E-state index in [1.165, 1.54) is 48.6 Å². The first-order valence-electron chi connectivity index (χ1n) is 13.1. The lowest BCUT2D eigenvalue weighted by Crippen LogP contribution is -2.51. The van der Waals surface area contributed by atoms with Crippen molar-refractivity contribution in [2.24, 2.45) is 7.05 Å². The summed E-state index contributed by atoms with van der Waals surface area (Å²) in [6, 6.07) is 1.01. The zero-order valence-electron chi connectivity index (χ0n) is 25.2. The third-order valence-electron chi connectivity index (χ3n) is 5.74. The summed E-state index contributed by atoms with van der Waals surface area (Å²) in [7, 11) is 1.25. The van der Waals surface area contributed by atoms with Gasteiger partial charge in [0.15, 0.2) is 11.8 Å². The summed E-state index contributed by atoms with van der Waals surface area (Å²) in [5.74, 6) is -6.73. The normalized spacial score (nSPS) is 20.2. The Bertz CT molecular complexity index is 1510. The maximum Gasteiger partial charge on any atom is 0.509 e. The Kier molecular flexibility index (Phi) is 9.70. The standard InChI is InChI=1S/C25H32F2N6O12/c1-23(2,3)44-21(36)42-15(17(34)40-11-12-10-29-19(31(12)7)33(38)39)14-16(43-22(37)45-24(4,5)6)25(26,27)18(41-14)32-9-8-13(28)30-20(32)35/h8-10,14-16,18H,11H2,1-7H3,(H2,28,30,35)/t14-,15?,16-,18-/m1/s1. The van der Waals surface area contributed by atoms with Gasteiger partial charge in [-0.1, -0.05) is 4.98 Å². The molecule has 3 rings (SSSR count). The number of rotatable bonds is 8. The minimum atomic E-state index is -4.30. The van der Waals surface area contributed by atoms with Gasteiger partial charge in [0.05, 0.1) is 7.05 Å². The lowest BCUT2D eigenvalue weighted by molar-refractivity contribution is -0.396. The quantitative estimate of drug-likeness (QED) is 0.188. The minimum Gasteiger partial charge on any atom is -0.455 e. The molecule has 1 aliphatic heterocycles. The van der Waals surface area contributed by atoms with Crippen LogP contribution in [0.25, 0.3) is 0 Å². The van der Waals surface area contributed by atoms with Crippen molar-refractivity contribution in [3.63, 3.8) is 0 Å². The molecule has 0 aromatic carbocycles. The summed E-state index contributed by atoms with van der Waals surface area (Å²) < 4.78 is 64.0. The van der Waals surface area contributed by atoms with E-state index < -0.39 is 83.1 Å². The molecule has 18 nitrogen and oxygen atoms in total. The number of esters is 1. The minimum absolute atomic E-state index is 0.0114. The number of hydrogen-bond acceptors (Lipinski definition) is 15. The molecule has 45 heavy (non-hydrogen) atoms. The van der Waals surface area contributed by atoms with E-state index in [-0.39, 0.29) is 11.5 Å². The molecule has 248 valence electrons. The molecule has 2 N–H and O–H groups in total. The van der Waals surface area contributed by atoms with Crippen LogP contribution in [-0.2, 0) is 46.9 Å². The molecule has 0 amide bonds. The van der Waals surface area contributed by atoms with Crippen molar-refractivity contribution < 1.29 is 56.5 Å². The largest absolute Gasteiger partial charge is 0.509 e. The van der Waals surface area contributed by atoms with Gasteiger partial charge in [-0.15, -0.1) is 0 Å². The first kappa shape index (κ1) is 34.6. The number of halogens is 2. The van der Waals surface area contributed by atoms with Crippen molar-refractivity contribution in [2.45, 2.75) is 89.8 Å². The van der Waals surface area contributed by atoms with E-state index in [9.17, 15) is 29.3 Å². The zero-order chi connectivity index (χ0) is 34.1. The van der Waals surface area contributed by atoms with Crippen LogP contribution >= 0.6 is 0 Å². The number of anilines is 1. The molecule has 1 saturated heterocycles. The SMILES string of the molecule is Cn1c(COC(=O)C(OC(=O)OC(C)(C)C)[C@H]2O[C@@H](n3ccc(N)nc3=O)C(F)(F)[C@@H]2OC(=O)OC(C)(C)C)cnc1[N+](=O)[O-]. The molecule has 3 heterocycles. The van der Waals surface area contributed by atoms with Crippen LogP contribution in [0.2, 0.25) is 0 Å². The number of nitrogen functional groups attached to an aromatic ring is 1. The number of imidazole rings is 1. The van der Waals surface area contributed by atoms with Crippen LogP contribution in [0.1, 0.15) is 53.5 Å². The Labute approximate surface area is 253 Å². The fourth-order valence-corrected chi connectivity index (χ4v) is 3.87. The molecule has 20 heteroatoms. The van der Waals surface area contributed by atoms with Gasteiger partial charge in [0.2, 0.25) is 18.4 Å². The van der Waals surface area contributed by atoms with Gasteiger partial charge in [0.25, 0.3) is 0 Å². The third kappa shape index (κ3) is 8.40. The van der Waals surface area contributed by atoms with Gasteiger partial charge < -0.3 is 44.3 Å². The van der Waals surface area contributed by atoms with Gasteiger partial charge in [-0.2, -0.15) is 13.8 Å². The third-order valence-corrected chi connectivity index (χ3v) is 5.74. The molecular formula is C25H32F2N6O12. The Balaban J connectivity index is 2.05. The van der Waals surface area contributed by atoms with Crippen molar-refractivity contribution >= 4 is 30.0 Å². The van der Waals surface area contributed by atoms with Gasteiger partial charge >= 0.3 is 35.8 Å². The molecule has 1 unspecified atom stereocenters. The number of carbonyl (C=O) groups excluding carboxylic acids is 3. The van der Waals surface area contributed by atoms with Crippen molar-refractivity contribution in [1.82, 2.24) is 19.1 Å². The molecule has 0 bridgehead atoms. The fraction of sp³-hybridized carbons (Fsp3) is 0.600. The fourth-order valence-electron chi connectivity index (χ4n) is 3.87. The molecule has 2 aromatic heterocycles. The summed E-state index contributed by atoms with van der Waals surface area (Å²) in [6.45, 7) is 7.89. The highest BCUT2D eigenvalue weighted by atomic mass is 19.3. The van der Waals surface area contributed by atoms with E-state index in [4.69, 9.17) is 34.2 Å². The molecular weight excluding hydrogens is 614 g/mol. The van der Waals surface area contributed by atoms with Crippen LogP contribution in [-0.4, -0.2) is 77.7 Å². The number of alkyl halides is 2. The highest BCUT2D eigenvalue weighted by Gasteiger charge is 2.66. The van der Waals surface area contributed by atoms with Crippen LogP contribution in [0.15, 0.2) is 23.3 Å². The molecule has 1 aliphatic rings. The Hall–Kier alpha value is -4.88. The van der Waals surface area contributed by atoms with Crippen LogP contribution in [0.5, 0.6) is 0 Å². The second-order valence-electron chi connectivity index (χ2n) is 11.6. The number of nitrogens with two attached hydrogens (primary N) is 1. The topological polar surface area (TPSA) is 228 Å². The van der Waals surface area contributed by atoms with E-state index in [1.807, 2.05) is 0 Å². The maximum absolute atomic E-state index is 16.0. The van der Waals surface area contributed by atoms with Crippen LogP contribution in [0.4, 0.5) is 30.1 Å². The summed E-state index contributed by atoms with van der Waals surface area (Å²) in [5, 5.41) is 11.1. The number of ether oxygens (including phenoxy) is 6. The summed E-state index contributed by atoms with van der Waals surface area (Å²) in [6.07, 6.45) is -11.4. The molecule has 4 atom stereocenters. The van der Waals surface area contributed by atoms with E-state index in [1.54, 1.807) is 0 Å². The average Bonchev–Trinajstić information content (AvgIpc) is 3.35. The number of hydrogen-bond donors (Lipinski definition) is 1. The molecule has 0 saturated carbocycles. The average molecular weight is 647 g/mol. The van der Waals surface area contributed by atoms with Gasteiger partial charge in [-0.25, -0.2) is 23.7 Å². The Morgan fingerprint density at radius 2 is 1.76 bits per heavy atom. The second kappa shape index (κ2) is 12.6. The number of aromatic nitrogens is 4. The first-order chi connectivity index (χ1) is 20.6. The number of carbonyl (C=O) groups is 3. The summed E-state index contributed by atoms with van der Waals surface area (Å²) >= 11 is 0.